The minimum absolute atomic E-state index is 0.0310. The number of benzene rings is 2. The van der Waals surface area contributed by atoms with Crippen molar-refractivity contribution in [3.63, 3.8) is 0 Å². The molecule has 1 heterocycles. The number of carbonyl (C=O) groups excluding carboxylic acids is 1. The SMILES string of the molecule is CCOC(=O)/C=C(/C)N1N=C2c3ccc(OC)cc3CC[C@@H]2[C@H]1c1cccc([N+](=O)[O-])c1. The van der Waals surface area contributed by atoms with Crippen LogP contribution < -0.4 is 4.74 Å². The van der Waals surface area contributed by atoms with Crippen molar-refractivity contribution in [2.75, 3.05) is 13.7 Å². The number of nitrogens with zero attached hydrogens (tertiary/aromatic N) is 3. The van der Waals surface area contributed by atoms with Gasteiger partial charge in [0.2, 0.25) is 0 Å². The number of nitro benzene ring substituents is 1. The first kappa shape index (κ1) is 21.5. The van der Waals surface area contributed by atoms with Crippen LogP contribution in [0.2, 0.25) is 0 Å². The third-order valence-corrected chi connectivity index (χ3v) is 5.92. The molecular weight excluding hydrogens is 410 g/mol. The van der Waals surface area contributed by atoms with E-state index in [9.17, 15) is 14.9 Å². The number of ether oxygens (including phenoxy) is 2. The van der Waals surface area contributed by atoms with Crippen molar-refractivity contribution in [1.29, 1.82) is 0 Å². The largest absolute Gasteiger partial charge is 0.497 e. The Morgan fingerprint density at radius 3 is 2.84 bits per heavy atom. The van der Waals surface area contributed by atoms with E-state index in [0.29, 0.717) is 5.70 Å². The van der Waals surface area contributed by atoms with Crippen LogP contribution in [0.15, 0.2) is 59.3 Å². The first-order valence-electron chi connectivity index (χ1n) is 10.6. The Labute approximate surface area is 186 Å². The lowest BCUT2D eigenvalue weighted by Crippen LogP contribution is -2.28. The fourth-order valence-corrected chi connectivity index (χ4v) is 4.50. The Morgan fingerprint density at radius 2 is 2.12 bits per heavy atom. The highest BCUT2D eigenvalue weighted by molar-refractivity contribution is 6.06. The molecule has 32 heavy (non-hydrogen) atoms. The van der Waals surface area contributed by atoms with Crippen LogP contribution in [0.5, 0.6) is 5.75 Å². The number of esters is 1. The summed E-state index contributed by atoms with van der Waals surface area (Å²) in [6, 6.07) is 12.3. The van der Waals surface area contributed by atoms with Crippen molar-refractivity contribution in [1.82, 2.24) is 5.01 Å². The Morgan fingerprint density at radius 1 is 1.31 bits per heavy atom. The molecule has 2 aromatic rings. The molecule has 8 nitrogen and oxygen atoms in total. The van der Waals surface area contributed by atoms with Crippen LogP contribution in [0, 0.1) is 16.0 Å². The maximum Gasteiger partial charge on any atom is 0.332 e. The fraction of sp³-hybridized carbons (Fsp3) is 0.333. The van der Waals surface area contributed by atoms with E-state index in [4.69, 9.17) is 14.6 Å². The molecule has 0 amide bonds. The zero-order valence-electron chi connectivity index (χ0n) is 18.3. The van der Waals surface area contributed by atoms with Gasteiger partial charge in [0.1, 0.15) is 5.75 Å². The number of rotatable bonds is 6. The molecule has 2 aromatic carbocycles. The summed E-state index contributed by atoms with van der Waals surface area (Å²) >= 11 is 0. The zero-order chi connectivity index (χ0) is 22.8. The van der Waals surface area contributed by atoms with Gasteiger partial charge in [0.25, 0.3) is 5.69 Å². The van der Waals surface area contributed by atoms with E-state index in [1.54, 1.807) is 38.1 Å². The Kier molecular flexibility index (Phi) is 5.94. The number of allylic oxidation sites excluding steroid dienone is 1. The molecule has 4 rings (SSSR count). The molecule has 0 unspecified atom stereocenters. The van der Waals surface area contributed by atoms with Crippen molar-refractivity contribution in [3.8, 4) is 5.75 Å². The highest BCUT2D eigenvalue weighted by Gasteiger charge is 2.42. The van der Waals surface area contributed by atoms with Crippen LogP contribution in [0.1, 0.15) is 43.0 Å². The molecule has 0 bridgehead atoms. The number of hydrogen-bond acceptors (Lipinski definition) is 7. The van der Waals surface area contributed by atoms with Crippen molar-refractivity contribution >= 4 is 17.4 Å². The smallest absolute Gasteiger partial charge is 0.332 e. The minimum Gasteiger partial charge on any atom is -0.497 e. The van der Waals surface area contributed by atoms with Crippen LogP contribution in [-0.2, 0) is 16.0 Å². The Hall–Kier alpha value is -3.68. The van der Waals surface area contributed by atoms with E-state index in [2.05, 4.69) is 0 Å². The molecule has 2 aliphatic rings. The molecule has 0 aromatic heterocycles. The van der Waals surface area contributed by atoms with Gasteiger partial charge in [-0.25, -0.2) is 4.79 Å². The van der Waals surface area contributed by atoms with Gasteiger partial charge in [-0.3, -0.25) is 15.1 Å². The molecule has 0 fully saturated rings. The van der Waals surface area contributed by atoms with Gasteiger partial charge in [0, 0.05) is 35.4 Å². The highest BCUT2D eigenvalue weighted by Crippen LogP contribution is 2.45. The van der Waals surface area contributed by atoms with E-state index in [1.807, 2.05) is 24.3 Å². The van der Waals surface area contributed by atoms with Gasteiger partial charge in [-0.1, -0.05) is 12.1 Å². The van der Waals surface area contributed by atoms with Gasteiger partial charge in [-0.15, -0.1) is 0 Å². The maximum atomic E-state index is 12.1. The average Bonchev–Trinajstić information content (AvgIpc) is 3.19. The van der Waals surface area contributed by atoms with Gasteiger partial charge in [0.15, 0.2) is 0 Å². The molecule has 0 spiro atoms. The second-order valence-corrected chi connectivity index (χ2v) is 7.83. The van der Waals surface area contributed by atoms with Crippen molar-refractivity contribution < 1.29 is 19.2 Å². The summed E-state index contributed by atoms with van der Waals surface area (Å²) < 4.78 is 10.4. The van der Waals surface area contributed by atoms with E-state index in [-0.39, 0.29) is 24.3 Å². The van der Waals surface area contributed by atoms with Crippen molar-refractivity contribution in [2.45, 2.75) is 32.7 Å². The number of aryl methyl sites for hydroxylation is 1. The maximum absolute atomic E-state index is 12.1. The topological polar surface area (TPSA) is 94.3 Å². The Balaban J connectivity index is 1.80. The van der Waals surface area contributed by atoms with Crippen LogP contribution in [0.25, 0.3) is 0 Å². The first-order chi connectivity index (χ1) is 15.4. The second kappa shape index (κ2) is 8.82. The number of methoxy groups -OCH3 is 1. The second-order valence-electron chi connectivity index (χ2n) is 7.83. The average molecular weight is 435 g/mol. The van der Waals surface area contributed by atoms with Crippen molar-refractivity contribution in [2.24, 2.45) is 11.0 Å². The molecule has 1 aliphatic heterocycles. The number of carbonyl (C=O) groups is 1. The summed E-state index contributed by atoms with van der Waals surface area (Å²) in [5.41, 5.74) is 4.56. The molecule has 8 heteroatoms. The number of non-ortho nitro benzene ring substituents is 1. The van der Waals surface area contributed by atoms with Crippen LogP contribution in [0.3, 0.4) is 0 Å². The lowest BCUT2D eigenvalue weighted by Gasteiger charge is -2.31. The summed E-state index contributed by atoms with van der Waals surface area (Å²) in [6.45, 7) is 3.84. The van der Waals surface area contributed by atoms with Gasteiger partial charge in [-0.2, -0.15) is 5.10 Å². The quantitative estimate of drug-likeness (QED) is 0.289. The summed E-state index contributed by atoms with van der Waals surface area (Å²) in [6.07, 6.45) is 3.09. The predicted octanol–water partition coefficient (Wildman–Crippen LogP) is 4.39. The highest BCUT2D eigenvalue weighted by atomic mass is 16.6. The first-order valence-corrected chi connectivity index (χ1v) is 10.6. The lowest BCUT2D eigenvalue weighted by molar-refractivity contribution is -0.385. The standard InChI is InChI=1S/C24H25N3O5/c1-4-32-22(28)12-15(2)26-24(17-6-5-7-18(13-17)27(29)30)21-10-8-16-14-19(31-3)9-11-20(16)23(21)25-26/h5-7,9,11-14,21,24H,4,8,10H2,1-3H3/b15-12-/t21-,24+/m0/s1. The van der Waals surface area contributed by atoms with Gasteiger partial charge >= 0.3 is 5.97 Å². The molecule has 2 atom stereocenters. The van der Waals surface area contributed by atoms with Crippen molar-refractivity contribution in [3.05, 3.63) is 81.0 Å². The number of hydrazone groups is 1. The molecule has 166 valence electrons. The van der Waals surface area contributed by atoms with E-state index >= 15 is 0 Å². The van der Waals surface area contributed by atoms with Crippen LogP contribution in [0.4, 0.5) is 5.69 Å². The summed E-state index contributed by atoms with van der Waals surface area (Å²) in [7, 11) is 1.64. The molecule has 0 saturated carbocycles. The van der Waals surface area contributed by atoms with Gasteiger partial charge in [-0.05, 0) is 56.0 Å². The monoisotopic (exact) mass is 435 g/mol. The molecular formula is C24H25N3O5. The van der Waals surface area contributed by atoms with E-state index in [0.717, 1.165) is 41.0 Å². The van der Waals surface area contributed by atoms with Gasteiger partial charge in [0.05, 0.1) is 30.4 Å². The molecule has 0 saturated heterocycles. The van der Waals surface area contributed by atoms with E-state index < -0.39 is 10.9 Å². The number of fused-ring (bicyclic) bond motifs is 3. The third-order valence-electron chi connectivity index (χ3n) is 5.92. The minimum atomic E-state index is -0.442. The van der Waals surface area contributed by atoms with Crippen LogP contribution in [-0.4, -0.2) is 35.3 Å². The third kappa shape index (κ3) is 3.95. The molecule has 0 radical (unpaired) electrons. The Bertz CT molecular complexity index is 1120. The number of nitro groups is 1. The van der Waals surface area contributed by atoms with Gasteiger partial charge < -0.3 is 9.47 Å². The fourth-order valence-electron chi connectivity index (χ4n) is 4.50. The normalized spacial score (nSPS) is 19.7. The lowest BCUT2D eigenvalue weighted by atomic mass is 9.77. The molecule has 1 aliphatic carbocycles. The van der Waals surface area contributed by atoms with Crippen LogP contribution >= 0.6 is 0 Å². The molecule has 0 N–H and O–H groups in total. The zero-order valence-corrected chi connectivity index (χ0v) is 18.3. The summed E-state index contributed by atoms with van der Waals surface area (Å²) in [5, 5.41) is 18.1. The number of hydrogen-bond donors (Lipinski definition) is 0. The van der Waals surface area contributed by atoms with E-state index in [1.165, 1.54) is 12.1 Å². The summed E-state index contributed by atoms with van der Waals surface area (Å²) in [4.78, 5) is 23.1. The predicted molar refractivity (Wildman–Crippen MR) is 119 cm³/mol. The summed E-state index contributed by atoms with van der Waals surface area (Å²) in [5.74, 6) is 0.387.